The lowest BCUT2D eigenvalue weighted by molar-refractivity contribution is -0.159. The predicted octanol–water partition coefficient (Wildman–Crippen LogP) is 1.96. The summed E-state index contributed by atoms with van der Waals surface area (Å²) in [6.07, 6.45) is 2.62. The lowest BCUT2D eigenvalue weighted by Crippen LogP contribution is -2.48. The summed E-state index contributed by atoms with van der Waals surface area (Å²) in [5.74, 6) is -1.79. The number of aliphatic hydroxyl groups is 1. The Bertz CT molecular complexity index is 475. The molecule has 20 heavy (non-hydrogen) atoms. The van der Waals surface area contributed by atoms with Gasteiger partial charge in [-0.25, -0.2) is 0 Å². The van der Waals surface area contributed by atoms with Gasteiger partial charge in [0.25, 0.3) is 0 Å². The number of ketones is 2. The molecule has 2 aliphatic carbocycles. The normalized spacial score (nSPS) is 32.5. The Kier molecular flexibility index (Phi) is 3.97. The Morgan fingerprint density at radius 1 is 1.40 bits per heavy atom. The molecule has 5 heteroatoms. The molecule has 0 radical (unpaired) electrons. The third-order valence-electron chi connectivity index (χ3n) is 4.38. The van der Waals surface area contributed by atoms with Gasteiger partial charge in [0.2, 0.25) is 0 Å². The minimum absolute atomic E-state index is 0.0370. The van der Waals surface area contributed by atoms with Crippen LogP contribution in [0.3, 0.4) is 0 Å². The van der Waals surface area contributed by atoms with E-state index >= 15 is 0 Å². The molecule has 5 nitrogen and oxygen atoms in total. The van der Waals surface area contributed by atoms with Gasteiger partial charge in [0.15, 0.2) is 5.78 Å². The first-order chi connectivity index (χ1) is 9.51. The van der Waals surface area contributed by atoms with E-state index in [0.29, 0.717) is 6.26 Å². The van der Waals surface area contributed by atoms with Crippen LogP contribution in [-0.2, 0) is 19.1 Å². The summed E-state index contributed by atoms with van der Waals surface area (Å²) in [4.78, 5) is 37.0. The molecule has 0 amide bonds. The van der Waals surface area contributed by atoms with E-state index in [1.165, 1.54) is 0 Å². The second-order valence-electron chi connectivity index (χ2n) is 5.52. The van der Waals surface area contributed by atoms with E-state index in [0.717, 1.165) is 12.8 Å². The van der Waals surface area contributed by atoms with Crippen LogP contribution in [0.25, 0.3) is 0 Å². The van der Waals surface area contributed by atoms with Crippen LogP contribution in [0.2, 0.25) is 0 Å². The highest BCUT2D eigenvalue weighted by molar-refractivity contribution is 6.18. The molecule has 0 heterocycles. The molecule has 2 aliphatic rings. The van der Waals surface area contributed by atoms with Crippen molar-refractivity contribution in [3.63, 3.8) is 0 Å². The fourth-order valence-corrected chi connectivity index (χ4v) is 3.06. The average Bonchev–Trinajstić information content (AvgIpc) is 3.22. The summed E-state index contributed by atoms with van der Waals surface area (Å²) in [7, 11) is 0. The Balaban J connectivity index is 2.40. The topological polar surface area (TPSA) is 80.7 Å². The van der Waals surface area contributed by atoms with E-state index in [9.17, 15) is 19.5 Å². The lowest BCUT2D eigenvalue weighted by atomic mass is 9.63. The van der Waals surface area contributed by atoms with Gasteiger partial charge in [-0.05, 0) is 32.1 Å². The minimum Gasteiger partial charge on any atom is -0.515 e. The highest BCUT2D eigenvalue weighted by atomic mass is 16.5. The number of carbonyl (C=O) groups excluding carboxylic acids is 3. The molecular weight excluding hydrogens is 260 g/mol. The van der Waals surface area contributed by atoms with E-state index in [-0.39, 0.29) is 36.7 Å². The van der Waals surface area contributed by atoms with Gasteiger partial charge < -0.3 is 9.84 Å². The number of hydrogen-bond acceptors (Lipinski definition) is 5. The van der Waals surface area contributed by atoms with Crippen LogP contribution in [-0.4, -0.2) is 29.2 Å². The Morgan fingerprint density at radius 3 is 2.50 bits per heavy atom. The summed E-state index contributed by atoms with van der Waals surface area (Å²) in [6.45, 7) is 3.56. The Labute approximate surface area is 118 Å². The second-order valence-corrected chi connectivity index (χ2v) is 5.52. The van der Waals surface area contributed by atoms with E-state index in [2.05, 4.69) is 0 Å². The zero-order valence-corrected chi connectivity index (χ0v) is 11.8. The van der Waals surface area contributed by atoms with Crippen molar-refractivity contribution in [3.05, 3.63) is 11.8 Å². The molecule has 2 unspecified atom stereocenters. The van der Waals surface area contributed by atoms with Crippen molar-refractivity contribution in [1.29, 1.82) is 0 Å². The molecule has 0 spiro atoms. The van der Waals surface area contributed by atoms with Crippen molar-refractivity contribution in [1.82, 2.24) is 0 Å². The molecule has 0 aromatic heterocycles. The molecule has 0 bridgehead atoms. The van der Waals surface area contributed by atoms with E-state index in [1.807, 2.05) is 0 Å². The summed E-state index contributed by atoms with van der Waals surface area (Å²) in [5.41, 5.74) is -1.28. The van der Waals surface area contributed by atoms with E-state index in [4.69, 9.17) is 4.74 Å². The summed E-state index contributed by atoms with van der Waals surface area (Å²) in [5, 5.41) is 9.45. The van der Waals surface area contributed by atoms with Gasteiger partial charge in [-0.3, -0.25) is 14.4 Å². The van der Waals surface area contributed by atoms with Crippen molar-refractivity contribution < 1.29 is 24.2 Å². The Hall–Kier alpha value is -1.65. The van der Waals surface area contributed by atoms with Gasteiger partial charge in [-0.1, -0.05) is 6.92 Å². The highest BCUT2D eigenvalue weighted by Crippen LogP contribution is 2.49. The first kappa shape index (κ1) is 14.8. The number of Topliss-reactive ketones (excluding diaryl/α,β-unsaturated/α-hetero) is 2. The smallest absolute Gasteiger partial charge is 0.317 e. The monoisotopic (exact) mass is 280 g/mol. The van der Waals surface area contributed by atoms with Crippen LogP contribution < -0.4 is 0 Å². The molecule has 0 saturated heterocycles. The van der Waals surface area contributed by atoms with E-state index < -0.39 is 23.1 Å². The van der Waals surface area contributed by atoms with Crippen LogP contribution >= 0.6 is 0 Å². The largest absolute Gasteiger partial charge is 0.515 e. The second kappa shape index (κ2) is 5.38. The first-order valence-electron chi connectivity index (χ1n) is 7.10. The third kappa shape index (κ3) is 2.15. The summed E-state index contributed by atoms with van der Waals surface area (Å²) >= 11 is 0. The molecule has 2 fully saturated rings. The zero-order valence-electron chi connectivity index (χ0n) is 11.8. The molecule has 0 aliphatic heterocycles. The maximum absolute atomic E-state index is 12.5. The molecule has 2 rings (SSSR count). The van der Waals surface area contributed by atoms with Crippen LogP contribution in [0, 0.1) is 17.3 Å². The molecular formula is C15H20O5. The van der Waals surface area contributed by atoms with Crippen molar-refractivity contribution >= 4 is 17.5 Å². The van der Waals surface area contributed by atoms with Crippen LogP contribution in [0.5, 0.6) is 0 Å². The maximum Gasteiger partial charge on any atom is 0.317 e. The van der Waals surface area contributed by atoms with Gasteiger partial charge in [0.05, 0.1) is 18.8 Å². The minimum atomic E-state index is -1.32. The molecule has 110 valence electrons. The standard InChI is InChI=1S/C15H20O5/c1-3-15(14(19)20-4-2)7-11(17)12(9-5-6-9)13(18)10(15)8-16/h8-9,12,16H,3-7H2,1-2H3. The molecule has 0 aromatic carbocycles. The molecule has 1 N–H and O–H groups in total. The van der Waals surface area contributed by atoms with Gasteiger partial charge in [0.1, 0.15) is 11.2 Å². The fourth-order valence-electron chi connectivity index (χ4n) is 3.06. The SMILES string of the molecule is CCOC(=O)C1(CC)CC(=O)C(C2CC2)C(=O)C1=CO. The average molecular weight is 280 g/mol. The quantitative estimate of drug-likeness (QED) is 0.368. The number of rotatable bonds is 4. The van der Waals surface area contributed by atoms with Gasteiger partial charge in [-0.2, -0.15) is 0 Å². The highest BCUT2D eigenvalue weighted by Gasteiger charge is 2.56. The number of esters is 1. The predicted molar refractivity (Wildman–Crippen MR) is 70.9 cm³/mol. The Morgan fingerprint density at radius 2 is 2.05 bits per heavy atom. The van der Waals surface area contributed by atoms with Crippen molar-refractivity contribution in [2.24, 2.45) is 17.3 Å². The van der Waals surface area contributed by atoms with Crippen molar-refractivity contribution in [3.8, 4) is 0 Å². The number of hydrogen-bond donors (Lipinski definition) is 1. The molecule has 2 saturated carbocycles. The summed E-state index contributed by atoms with van der Waals surface area (Å²) in [6, 6.07) is 0. The van der Waals surface area contributed by atoms with Crippen LogP contribution in [0.4, 0.5) is 0 Å². The maximum atomic E-state index is 12.5. The van der Waals surface area contributed by atoms with Crippen molar-refractivity contribution in [2.75, 3.05) is 6.61 Å². The van der Waals surface area contributed by atoms with E-state index in [1.54, 1.807) is 13.8 Å². The number of aliphatic hydroxyl groups excluding tert-OH is 1. The summed E-state index contributed by atoms with van der Waals surface area (Å²) < 4.78 is 5.02. The molecule has 2 atom stereocenters. The lowest BCUT2D eigenvalue weighted by Gasteiger charge is -2.37. The zero-order chi connectivity index (χ0) is 14.9. The van der Waals surface area contributed by atoms with Gasteiger partial charge >= 0.3 is 5.97 Å². The van der Waals surface area contributed by atoms with Gasteiger partial charge in [0, 0.05) is 12.0 Å². The van der Waals surface area contributed by atoms with Crippen molar-refractivity contribution in [2.45, 2.75) is 39.5 Å². The van der Waals surface area contributed by atoms with Crippen LogP contribution in [0.1, 0.15) is 39.5 Å². The first-order valence-corrected chi connectivity index (χ1v) is 7.10. The fraction of sp³-hybridized carbons (Fsp3) is 0.667. The number of carbonyl (C=O) groups is 3. The third-order valence-corrected chi connectivity index (χ3v) is 4.38. The van der Waals surface area contributed by atoms with Gasteiger partial charge in [-0.15, -0.1) is 0 Å². The van der Waals surface area contributed by atoms with Crippen LogP contribution in [0.15, 0.2) is 11.8 Å². The molecule has 0 aromatic rings. The number of ether oxygens (including phenoxy) is 1.